The summed E-state index contributed by atoms with van der Waals surface area (Å²) in [4.78, 5) is 3.73. The fourth-order valence-corrected chi connectivity index (χ4v) is 2.05. The minimum Gasteiger partial charge on any atom is -0.395 e. The highest BCUT2D eigenvalue weighted by atomic mass is 32.2. The van der Waals surface area contributed by atoms with Gasteiger partial charge in [-0.25, -0.2) is 4.98 Å². The van der Waals surface area contributed by atoms with Gasteiger partial charge in [0, 0.05) is 19.4 Å². The molecule has 0 aliphatic carbocycles. The summed E-state index contributed by atoms with van der Waals surface area (Å²) in [6.45, 7) is 0. The van der Waals surface area contributed by atoms with Crippen LogP contribution in [0.15, 0.2) is 34.6 Å². The van der Waals surface area contributed by atoms with Crippen LogP contribution in [0.2, 0.25) is 0 Å². The average Bonchev–Trinajstić information content (AvgIpc) is 2.57. The van der Waals surface area contributed by atoms with Crippen LogP contribution >= 0.6 is 11.8 Å². The van der Waals surface area contributed by atoms with E-state index in [9.17, 15) is 13.2 Å². The van der Waals surface area contributed by atoms with E-state index >= 15 is 0 Å². The minimum atomic E-state index is -4.37. The number of rotatable bonds is 2. The minimum absolute atomic E-state index is 0.411. The molecule has 0 atom stereocenters. The molecule has 0 amide bonds. The third-order valence-electron chi connectivity index (χ3n) is 2.09. The van der Waals surface area contributed by atoms with Crippen LogP contribution in [-0.2, 0) is 13.2 Å². The van der Waals surface area contributed by atoms with Crippen LogP contribution in [-0.4, -0.2) is 14.8 Å². The van der Waals surface area contributed by atoms with Gasteiger partial charge in [-0.15, -0.1) is 0 Å². The Kier molecular flexibility index (Phi) is 3.20. The van der Waals surface area contributed by atoms with Crippen LogP contribution in [0.3, 0.4) is 0 Å². The molecule has 0 aliphatic heterocycles. The lowest BCUT2D eigenvalue weighted by atomic mass is 10.3. The average molecular weight is 274 g/mol. The standard InChI is InChI=1S/C10H9F3N4S/c1-17-5-7(14)9(16-17)18-8-3-2-6(4-15-8)10(11,12)13/h2-5H,14H2,1H3. The largest absolute Gasteiger partial charge is 0.417 e. The highest BCUT2D eigenvalue weighted by molar-refractivity contribution is 7.99. The van der Waals surface area contributed by atoms with Gasteiger partial charge in [0.1, 0.15) is 10.1 Å². The molecule has 0 aromatic carbocycles. The van der Waals surface area contributed by atoms with Gasteiger partial charge < -0.3 is 5.73 Å². The molecule has 0 bridgehead atoms. The van der Waals surface area contributed by atoms with Crippen LogP contribution < -0.4 is 5.73 Å². The number of hydrogen-bond acceptors (Lipinski definition) is 4. The normalized spacial score (nSPS) is 11.8. The topological polar surface area (TPSA) is 56.7 Å². The summed E-state index contributed by atoms with van der Waals surface area (Å²) in [7, 11) is 1.71. The van der Waals surface area contributed by atoms with E-state index < -0.39 is 11.7 Å². The van der Waals surface area contributed by atoms with Crippen molar-refractivity contribution in [3.8, 4) is 0 Å². The number of nitrogen functional groups attached to an aromatic ring is 1. The summed E-state index contributed by atoms with van der Waals surface area (Å²) in [6, 6.07) is 2.27. The molecule has 8 heteroatoms. The number of aromatic nitrogens is 3. The summed E-state index contributed by atoms with van der Waals surface area (Å²) in [6.07, 6.45) is -1.96. The van der Waals surface area contributed by atoms with E-state index in [1.165, 1.54) is 10.7 Å². The Morgan fingerprint density at radius 3 is 2.50 bits per heavy atom. The number of hydrogen-bond donors (Lipinski definition) is 1. The molecular formula is C10H9F3N4S. The number of pyridine rings is 1. The van der Waals surface area contributed by atoms with Crippen LogP contribution in [0.5, 0.6) is 0 Å². The van der Waals surface area contributed by atoms with Crippen LogP contribution in [0.1, 0.15) is 5.56 Å². The Labute approximate surface area is 105 Å². The number of halogens is 3. The monoisotopic (exact) mass is 274 g/mol. The molecule has 0 spiro atoms. The summed E-state index contributed by atoms with van der Waals surface area (Å²) >= 11 is 1.12. The molecule has 0 radical (unpaired) electrons. The van der Waals surface area contributed by atoms with Gasteiger partial charge in [-0.1, -0.05) is 0 Å². The zero-order chi connectivity index (χ0) is 13.3. The fourth-order valence-electron chi connectivity index (χ4n) is 1.27. The van der Waals surface area contributed by atoms with E-state index in [0.29, 0.717) is 15.7 Å². The van der Waals surface area contributed by atoms with Crippen molar-refractivity contribution in [2.24, 2.45) is 7.05 Å². The third kappa shape index (κ3) is 2.76. The van der Waals surface area contributed by atoms with Crippen LogP contribution in [0, 0.1) is 0 Å². The molecule has 4 nitrogen and oxygen atoms in total. The lowest BCUT2D eigenvalue weighted by molar-refractivity contribution is -0.137. The van der Waals surface area contributed by atoms with Gasteiger partial charge in [-0.3, -0.25) is 4.68 Å². The molecule has 0 saturated heterocycles. The predicted molar refractivity (Wildman–Crippen MR) is 61.0 cm³/mol. The SMILES string of the molecule is Cn1cc(N)c(Sc2ccc(C(F)(F)F)cn2)n1. The molecule has 2 aromatic heterocycles. The lowest BCUT2D eigenvalue weighted by Crippen LogP contribution is -2.05. The molecule has 0 saturated carbocycles. The van der Waals surface area contributed by atoms with E-state index in [4.69, 9.17) is 5.73 Å². The number of anilines is 1. The molecule has 18 heavy (non-hydrogen) atoms. The van der Waals surface area contributed by atoms with E-state index in [2.05, 4.69) is 10.1 Å². The van der Waals surface area contributed by atoms with Gasteiger partial charge in [-0.05, 0) is 23.9 Å². The molecule has 2 aromatic rings. The van der Waals surface area contributed by atoms with Crippen molar-refractivity contribution in [1.82, 2.24) is 14.8 Å². The maximum absolute atomic E-state index is 12.3. The molecule has 0 unspecified atom stereocenters. The summed E-state index contributed by atoms with van der Waals surface area (Å²) < 4.78 is 38.5. The fraction of sp³-hybridized carbons (Fsp3) is 0.200. The van der Waals surface area contributed by atoms with Gasteiger partial charge in [0.05, 0.1) is 11.3 Å². The Balaban J connectivity index is 2.18. The molecule has 2 rings (SSSR count). The van der Waals surface area contributed by atoms with Gasteiger partial charge in [0.2, 0.25) is 0 Å². The molecular weight excluding hydrogens is 265 g/mol. The second-order valence-corrected chi connectivity index (χ2v) is 4.56. The Morgan fingerprint density at radius 2 is 2.06 bits per heavy atom. The first-order valence-corrected chi connectivity index (χ1v) is 5.68. The van der Waals surface area contributed by atoms with Gasteiger partial charge in [0.25, 0.3) is 0 Å². The second kappa shape index (κ2) is 4.52. The van der Waals surface area contributed by atoms with Crippen LogP contribution in [0.25, 0.3) is 0 Å². The van der Waals surface area contributed by atoms with Crippen molar-refractivity contribution in [1.29, 1.82) is 0 Å². The summed E-state index contributed by atoms with van der Waals surface area (Å²) in [5.41, 5.74) is 5.36. The molecule has 2 heterocycles. The molecule has 96 valence electrons. The predicted octanol–water partition coefficient (Wildman–Crippen LogP) is 2.57. The maximum atomic E-state index is 12.3. The van der Waals surface area contributed by atoms with Crippen molar-refractivity contribution < 1.29 is 13.2 Å². The van der Waals surface area contributed by atoms with Crippen molar-refractivity contribution in [2.75, 3.05) is 5.73 Å². The highest BCUT2D eigenvalue weighted by Crippen LogP contribution is 2.32. The number of nitrogens with zero attached hydrogens (tertiary/aromatic N) is 3. The number of aryl methyl sites for hydroxylation is 1. The third-order valence-corrected chi connectivity index (χ3v) is 3.05. The van der Waals surface area contributed by atoms with Gasteiger partial charge >= 0.3 is 6.18 Å². The summed E-state index contributed by atoms with van der Waals surface area (Å²) in [5.74, 6) is 0. The highest BCUT2D eigenvalue weighted by Gasteiger charge is 2.30. The lowest BCUT2D eigenvalue weighted by Gasteiger charge is -2.06. The smallest absolute Gasteiger partial charge is 0.395 e. The zero-order valence-electron chi connectivity index (χ0n) is 9.27. The quantitative estimate of drug-likeness (QED) is 0.914. The second-order valence-electron chi connectivity index (χ2n) is 3.55. The first-order valence-electron chi connectivity index (χ1n) is 4.86. The van der Waals surface area contributed by atoms with Gasteiger partial charge in [0.15, 0.2) is 0 Å². The first-order chi connectivity index (χ1) is 8.36. The van der Waals surface area contributed by atoms with Crippen LogP contribution in [0.4, 0.5) is 18.9 Å². The van der Waals surface area contributed by atoms with E-state index in [1.807, 2.05) is 0 Å². The van der Waals surface area contributed by atoms with E-state index in [-0.39, 0.29) is 0 Å². The molecule has 0 aliphatic rings. The first kappa shape index (κ1) is 12.7. The van der Waals surface area contributed by atoms with Crippen molar-refractivity contribution >= 4 is 17.4 Å². The Hall–Kier alpha value is -1.70. The molecule has 0 fully saturated rings. The summed E-state index contributed by atoms with van der Waals surface area (Å²) in [5, 5.41) is 5.00. The Morgan fingerprint density at radius 1 is 1.33 bits per heavy atom. The van der Waals surface area contributed by atoms with Crippen molar-refractivity contribution in [3.05, 3.63) is 30.1 Å². The molecule has 2 N–H and O–H groups in total. The van der Waals surface area contributed by atoms with Crippen molar-refractivity contribution in [2.45, 2.75) is 16.2 Å². The maximum Gasteiger partial charge on any atom is 0.417 e. The number of nitrogens with two attached hydrogens (primary N) is 1. The Bertz CT molecular complexity index is 547. The van der Waals surface area contributed by atoms with Crippen molar-refractivity contribution in [3.63, 3.8) is 0 Å². The van der Waals surface area contributed by atoms with E-state index in [0.717, 1.165) is 24.0 Å². The van der Waals surface area contributed by atoms with E-state index in [1.54, 1.807) is 13.2 Å². The number of alkyl halides is 3. The van der Waals surface area contributed by atoms with Gasteiger partial charge in [-0.2, -0.15) is 18.3 Å². The zero-order valence-corrected chi connectivity index (χ0v) is 10.1.